The third kappa shape index (κ3) is 5.05. The number of ketones is 1. The highest BCUT2D eigenvalue weighted by molar-refractivity contribution is 6.09. The number of ether oxygens (including phenoxy) is 2. The average Bonchev–Trinajstić information content (AvgIpc) is 2.74. The van der Waals surface area contributed by atoms with E-state index in [-0.39, 0.29) is 11.4 Å². The molecule has 0 aliphatic heterocycles. The number of carbonyl (C=O) groups is 3. The van der Waals surface area contributed by atoms with Gasteiger partial charge in [0, 0.05) is 16.7 Å². The minimum atomic E-state index is -0.565. The summed E-state index contributed by atoms with van der Waals surface area (Å²) in [7, 11) is 0. The van der Waals surface area contributed by atoms with Gasteiger partial charge >= 0.3 is 11.9 Å². The molecule has 3 rings (SSSR count). The summed E-state index contributed by atoms with van der Waals surface area (Å²) in [5.74, 6) is -0.588. The van der Waals surface area contributed by atoms with Gasteiger partial charge in [0.05, 0.1) is 5.56 Å². The van der Waals surface area contributed by atoms with Crippen LogP contribution in [0.2, 0.25) is 0 Å². The molecule has 0 aromatic heterocycles. The standard InChI is InChI=1S/C24H18O5/c1-16(2)23(26)28-20-14-10-19(11-15-20)24(27)29-21-12-8-18(9-13-21)22(25)17-6-4-3-5-7-17/h3-15H,1H2,2H3. The maximum atomic E-state index is 12.4. The van der Waals surface area contributed by atoms with Gasteiger partial charge in [-0.3, -0.25) is 4.79 Å². The number of hydrogen-bond donors (Lipinski definition) is 0. The summed E-state index contributed by atoms with van der Waals surface area (Å²) in [5, 5.41) is 0. The molecule has 0 spiro atoms. The molecule has 0 atom stereocenters. The highest BCUT2D eigenvalue weighted by atomic mass is 16.5. The van der Waals surface area contributed by atoms with Crippen molar-refractivity contribution in [1.29, 1.82) is 0 Å². The Morgan fingerprint density at radius 3 is 1.69 bits per heavy atom. The van der Waals surface area contributed by atoms with Crippen molar-refractivity contribution in [3.05, 3.63) is 108 Å². The Kier molecular flexibility index (Phi) is 6.00. The molecule has 0 bridgehead atoms. The molecule has 29 heavy (non-hydrogen) atoms. The fraction of sp³-hybridized carbons (Fsp3) is 0.0417. The summed E-state index contributed by atoms with van der Waals surface area (Å²) >= 11 is 0. The van der Waals surface area contributed by atoms with E-state index in [0.717, 1.165) is 0 Å². The molecular weight excluding hydrogens is 368 g/mol. The molecule has 5 nitrogen and oxygen atoms in total. The predicted molar refractivity (Wildman–Crippen MR) is 108 cm³/mol. The molecule has 0 radical (unpaired) electrons. The second kappa shape index (κ2) is 8.80. The molecule has 0 saturated carbocycles. The van der Waals surface area contributed by atoms with Crippen LogP contribution in [0.15, 0.2) is 91.0 Å². The van der Waals surface area contributed by atoms with E-state index in [0.29, 0.717) is 28.2 Å². The quantitative estimate of drug-likeness (QED) is 0.268. The van der Waals surface area contributed by atoms with Gasteiger partial charge in [0.1, 0.15) is 11.5 Å². The number of esters is 2. The van der Waals surface area contributed by atoms with E-state index in [2.05, 4.69) is 6.58 Å². The van der Waals surface area contributed by atoms with Gasteiger partial charge in [-0.15, -0.1) is 0 Å². The number of rotatable bonds is 6. The van der Waals surface area contributed by atoms with E-state index in [1.165, 1.54) is 24.3 Å². The monoisotopic (exact) mass is 386 g/mol. The molecule has 144 valence electrons. The third-order valence-corrected chi connectivity index (χ3v) is 4.01. The molecule has 0 aliphatic carbocycles. The Bertz CT molecular complexity index is 1050. The number of hydrogen-bond acceptors (Lipinski definition) is 5. The highest BCUT2D eigenvalue weighted by Gasteiger charge is 2.12. The first-order valence-corrected chi connectivity index (χ1v) is 8.84. The third-order valence-electron chi connectivity index (χ3n) is 4.01. The van der Waals surface area contributed by atoms with Crippen molar-refractivity contribution in [3.63, 3.8) is 0 Å². The van der Waals surface area contributed by atoms with Crippen LogP contribution in [0.25, 0.3) is 0 Å². The SMILES string of the molecule is C=C(C)C(=O)Oc1ccc(C(=O)Oc2ccc(C(=O)c3ccccc3)cc2)cc1. The molecule has 0 aliphatic rings. The topological polar surface area (TPSA) is 69.7 Å². The van der Waals surface area contributed by atoms with Crippen molar-refractivity contribution in [2.75, 3.05) is 0 Å². The second-order valence-corrected chi connectivity index (χ2v) is 6.30. The van der Waals surface area contributed by atoms with E-state index in [4.69, 9.17) is 9.47 Å². The lowest BCUT2D eigenvalue weighted by Crippen LogP contribution is -2.10. The van der Waals surface area contributed by atoms with Crippen LogP contribution in [0, 0.1) is 0 Å². The zero-order valence-corrected chi connectivity index (χ0v) is 15.8. The summed E-state index contributed by atoms with van der Waals surface area (Å²) in [4.78, 5) is 36.2. The molecule has 3 aromatic carbocycles. The Hall–Kier alpha value is -3.99. The van der Waals surface area contributed by atoms with Crippen LogP contribution in [0.3, 0.4) is 0 Å². The predicted octanol–water partition coefficient (Wildman–Crippen LogP) is 4.62. The normalized spacial score (nSPS) is 10.1. The number of benzene rings is 3. The molecule has 3 aromatic rings. The van der Waals surface area contributed by atoms with E-state index < -0.39 is 11.9 Å². The van der Waals surface area contributed by atoms with Crippen molar-refractivity contribution >= 4 is 17.7 Å². The average molecular weight is 386 g/mol. The second-order valence-electron chi connectivity index (χ2n) is 6.30. The molecule has 0 saturated heterocycles. The fourth-order valence-corrected chi connectivity index (χ4v) is 2.45. The van der Waals surface area contributed by atoms with Gasteiger partial charge in [-0.25, -0.2) is 9.59 Å². The Labute approximate surface area is 168 Å². The summed E-state index contributed by atoms with van der Waals surface area (Å²) in [6, 6.07) is 21.3. The van der Waals surface area contributed by atoms with Crippen molar-refractivity contribution in [2.24, 2.45) is 0 Å². The van der Waals surface area contributed by atoms with Crippen LogP contribution >= 0.6 is 0 Å². The lowest BCUT2D eigenvalue weighted by molar-refractivity contribution is -0.130. The largest absolute Gasteiger partial charge is 0.423 e. The lowest BCUT2D eigenvalue weighted by atomic mass is 10.0. The maximum Gasteiger partial charge on any atom is 0.343 e. The molecule has 0 N–H and O–H groups in total. The van der Waals surface area contributed by atoms with Crippen LogP contribution in [0.5, 0.6) is 11.5 Å². The molecular formula is C24H18O5. The Balaban J connectivity index is 1.64. The van der Waals surface area contributed by atoms with Gasteiger partial charge in [0.15, 0.2) is 5.78 Å². The van der Waals surface area contributed by atoms with E-state index in [1.807, 2.05) is 6.07 Å². The van der Waals surface area contributed by atoms with Crippen LogP contribution in [0.4, 0.5) is 0 Å². The Morgan fingerprint density at radius 1 is 0.655 bits per heavy atom. The van der Waals surface area contributed by atoms with Gasteiger partial charge in [-0.2, -0.15) is 0 Å². The van der Waals surface area contributed by atoms with Crippen LogP contribution in [-0.4, -0.2) is 17.7 Å². The van der Waals surface area contributed by atoms with Gasteiger partial charge in [0.2, 0.25) is 0 Å². The molecule has 0 unspecified atom stereocenters. The zero-order valence-electron chi connectivity index (χ0n) is 15.8. The first kappa shape index (κ1) is 19.8. The van der Waals surface area contributed by atoms with Gasteiger partial charge < -0.3 is 9.47 Å². The van der Waals surface area contributed by atoms with Gasteiger partial charge in [0.25, 0.3) is 0 Å². The van der Waals surface area contributed by atoms with Crippen molar-refractivity contribution < 1.29 is 23.9 Å². The minimum absolute atomic E-state index is 0.108. The molecule has 0 heterocycles. The first-order chi connectivity index (χ1) is 13.9. The van der Waals surface area contributed by atoms with Crippen LogP contribution < -0.4 is 9.47 Å². The van der Waals surface area contributed by atoms with Crippen LogP contribution in [0.1, 0.15) is 33.2 Å². The maximum absolute atomic E-state index is 12.4. The van der Waals surface area contributed by atoms with Crippen molar-refractivity contribution in [2.45, 2.75) is 6.92 Å². The number of carbonyl (C=O) groups excluding carboxylic acids is 3. The van der Waals surface area contributed by atoms with E-state index >= 15 is 0 Å². The Morgan fingerprint density at radius 2 is 1.14 bits per heavy atom. The fourth-order valence-electron chi connectivity index (χ4n) is 2.45. The summed E-state index contributed by atoms with van der Waals surface area (Å²) in [5.41, 5.74) is 1.66. The minimum Gasteiger partial charge on any atom is -0.423 e. The summed E-state index contributed by atoms with van der Waals surface area (Å²) in [6.45, 7) is 5.06. The van der Waals surface area contributed by atoms with Crippen molar-refractivity contribution in [1.82, 2.24) is 0 Å². The van der Waals surface area contributed by atoms with E-state index in [9.17, 15) is 14.4 Å². The summed E-state index contributed by atoms with van der Waals surface area (Å²) < 4.78 is 10.4. The summed E-state index contributed by atoms with van der Waals surface area (Å²) in [6.07, 6.45) is 0. The molecule has 5 heteroatoms. The highest BCUT2D eigenvalue weighted by Crippen LogP contribution is 2.18. The molecule has 0 fully saturated rings. The van der Waals surface area contributed by atoms with E-state index in [1.54, 1.807) is 55.5 Å². The first-order valence-electron chi connectivity index (χ1n) is 8.84. The van der Waals surface area contributed by atoms with Crippen LogP contribution in [-0.2, 0) is 4.79 Å². The molecule has 0 amide bonds. The lowest BCUT2D eigenvalue weighted by Gasteiger charge is -2.07. The smallest absolute Gasteiger partial charge is 0.343 e. The van der Waals surface area contributed by atoms with Crippen molar-refractivity contribution in [3.8, 4) is 11.5 Å². The van der Waals surface area contributed by atoms with Gasteiger partial charge in [-0.05, 0) is 55.5 Å². The van der Waals surface area contributed by atoms with Gasteiger partial charge in [-0.1, -0.05) is 36.9 Å². The zero-order chi connectivity index (χ0) is 20.8.